The molecule has 0 aliphatic carbocycles. The van der Waals surface area contributed by atoms with Crippen LogP contribution in [0.2, 0.25) is 0 Å². The van der Waals surface area contributed by atoms with Gasteiger partial charge in [0.25, 0.3) is 0 Å². The maximum atomic E-state index is 11.7. The van der Waals surface area contributed by atoms with Gasteiger partial charge in [-0.3, -0.25) is 0 Å². The van der Waals surface area contributed by atoms with Crippen molar-refractivity contribution < 1.29 is 14.3 Å². The smallest absolute Gasteiger partial charge is 0.319 e. The molecular weight excluding hydrogens is 232 g/mol. The van der Waals surface area contributed by atoms with Gasteiger partial charge in [-0.05, 0) is 25.0 Å². The van der Waals surface area contributed by atoms with E-state index in [1.54, 1.807) is 19.2 Å². The van der Waals surface area contributed by atoms with E-state index in [4.69, 9.17) is 9.47 Å². The Kier molecular flexibility index (Phi) is 4.41. The molecule has 0 saturated carbocycles. The zero-order valence-corrected chi connectivity index (χ0v) is 10.4. The van der Waals surface area contributed by atoms with E-state index in [-0.39, 0.29) is 12.1 Å². The van der Waals surface area contributed by atoms with E-state index < -0.39 is 0 Å². The van der Waals surface area contributed by atoms with Crippen molar-refractivity contribution >= 4 is 11.7 Å². The van der Waals surface area contributed by atoms with E-state index in [2.05, 4.69) is 10.6 Å². The van der Waals surface area contributed by atoms with E-state index in [1.165, 1.54) is 0 Å². The van der Waals surface area contributed by atoms with Crippen molar-refractivity contribution in [1.82, 2.24) is 5.32 Å². The summed E-state index contributed by atoms with van der Waals surface area (Å²) in [6.07, 6.45) is 2.23. The first kappa shape index (κ1) is 12.7. The number of hydrogen-bond acceptors (Lipinski definition) is 3. The molecule has 1 saturated heterocycles. The molecule has 98 valence electrons. The van der Waals surface area contributed by atoms with E-state index >= 15 is 0 Å². The lowest BCUT2D eigenvalue weighted by Crippen LogP contribution is -2.35. The van der Waals surface area contributed by atoms with Gasteiger partial charge in [0.15, 0.2) is 0 Å². The molecule has 1 fully saturated rings. The number of methoxy groups -OCH3 is 1. The Labute approximate surface area is 106 Å². The number of nitrogens with one attached hydrogen (secondary N) is 2. The minimum atomic E-state index is -0.241. The molecule has 1 aromatic carbocycles. The second kappa shape index (κ2) is 6.26. The highest BCUT2D eigenvalue weighted by Gasteiger charge is 2.16. The number of hydrogen-bond donors (Lipinski definition) is 2. The average molecular weight is 250 g/mol. The number of para-hydroxylation sites is 2. The van der Waals surface area contributed by atoms with Crippen molar-refractivity contribution in [3.05, 3.63) is 24.3 Å². The summed E-state index contributed by atoms with van der Waals surface area (Å²) in [7, 11) is 1.57. The topological polar surface area (TPSA) is 59.6 Å². The molecule has 1 heterocycles. The van der Waals surface area contributed by atoms with E-state index in [0.29, 0.717) is 18.0 Å². The minimum Gasteiger partial charge on any atom is -0.495 e. The third kappa shape index (κ3) is 3.37. The minimum absolute atomic E-state index is 0.147. The highest BCUT2D eigenvalue weighted by Crippen LogP contribution is 2.22. The zero-order valence-electron chi connectivity index (χ0n) is 10.4. The Morgan fingerprint density at radius 1 is 1.50 bits per heavy atom. The predicted molar refractivity (Wildman–Crippen MR) is 69.0 cm³/mol. The number of urea groups is 1. The van der Waals surface area contributed by atoms with Crippen LogP contribution in [-0.2, 0) is 4.74 Å². The van der Waals surface area contributed by atoms with Crippen LogP contribution < -0.4 is 15.4 Å². The van der Waals surface area contributed by atoms with Crippen LogP contribution in [0, 0.1) is 0 Å². The molecule has 0 spiro atoms. The number of anilines is 1. The molecule has 2 rings (SSSR count). The Hall–Kier alpha value is -1.75. The van der Waals surface area contributed by atoms with Gasteiger partial charge in [0.1, 0.15) is 5.75 Å². The summed E-state index contributed by atoms with van der Waals surface area (Å²) in [5.74, 6) is 0.643. The fraction of sp³-hybridized carbons (Fsp3) is 0.462. The van der Waals surface area contributed by atoms with Gasteiger partial charge in [0.2, 0.25) is 0 Å². The van der Waals surface area contributed by atoms with Gasteiger partial charge in [-0.25, -0.2) is 4.79 Å². The van der Waals surface area contributed by atoms with Crippen LogP contribution in [0.1, 0.15) is 12.8 Å². The fourth-order valence-corrected chi connectivity index (χ4v) is 1.93. The maximum Gasteiger partial charge on any atom is 0.319 e. The Bertz CT molecular complexity index is 403. The summed E-state index contributed by atoms with van der Waals surface area (Å²) in [5.41, 5.74) is 0.657. The van der Waals surface area contributed by atoms with Crippen molar-refractivity contribution in [2.24, 2.45) is 0 Å². The number of rotatable bonds is 4. The summed E-state index contributed by atoms with van der Waals surface area (Å²) in [4.78, 5) is 11.7. The normalized spacial score (nSPS) is 18.4. The van der Waals surface area contributed by atoms with Gasteiger partial charge < -0.3 is 20.1 Å². The van der Waals surface area contributed by atoms with Crippen LogP contribution in [0.3, 0.4) is 0 Å². The molecule has 18 heavy (non-hydrogen) atoms. The molecule has 1 aliphatic rings. The molecule has 0 unspecified atom stereocenters. The van der Waals surface area contributed by atoms with Crippen LogP contribution in [0.15, 0.2) is 24.3 Å². The van der Waals surface area contributed by atoms with Crippen molar-refractivity contribution in [1.29, 1.82) is 0 Å². The third-order valence-electron chi connectivity index (χ3n) is 2.87. The largest absolute Gasteiger partial charge is 0.495 e. The molecule has 0 radical (unpaired) electrons. The van der Waals surface area contributed by atoms with Crippen molar-refractivity contribution in [3.8, 4) is 5.75 Å². The molecule has 1 aliphatic heterocycles. The summed E-state index contributed by atoms with van der Waals surface area (Å²) in [5, 5.41) is 5.55. The van der Waals surface area contributed by atoms with E-state index in [9.17, 15) is 4.79 Å². The lowest BCUT2D eigenvalue weighted by molar-refractivity contribution is 0.112. The fourth-order valence-electron chi connectivity index (χ4n) is 1.93. The first-order chi connectivity index (χ1) is 8.79. The van der Waals surface area contributed by atoms with Crippen LogP contribution >= 0.6 is 0 Å². The van der Waals surface area contributed by atoms with Gasteiger partial charge in [0, 0.05) is 13.2 Å². The summed E-state index contributed by atoms with van der Waals surface area (Å²) in [6.45, 7) is 1.33. The number of carbonyl (C=O) groups is 1. The van der Waals surface area contributed by atoms with E-state index in [0.717, 1.165) is 19.4 Å². The average Bonchev–Trinajstić information content (AvgIpc) is 2.90. The molecular formula is C13H18N2O3. The van der Waals surface area contributed by atoms with Crippen LogP contribution in [0.5, 0.6) is 5.75 Å². The van der Waals surface area contributed by atoms with Crippen molar-refractivity contribution in [2.45, 2.75) is 18.9 Å². The second-order valence-corrected chi connectivity index (χ2v) is 4.17. The SMILES string of the molecule is COc1ccccc1NC(=O)NC[C@H]1CCCO1. The van der Waals surface area contributed by atoms with Gasteiger partial charge in [-0.1, -0.05) is 12.1 Å². The number of amides is 2. The Balaban J connectivity index is 1.82. The highest BCUT2D eigenvalue weighted by molar-refractivity contribution is 5.90. The predicted octanol–water partition coefficient (Wildman–Crippen LogP) is 2.00. The molecule has 0 aromatic heterocycles. The number of benzene rings is 1. The first-order valence-corrected chi connectivity index (χ1v) is 6.09. The van der Waals surface area contributed by atoms with Crippen molar-refractivity contribution in [2.75, 3.05) is 25.6 Å². The zero-order chi connectivity index (χ0) is 12.8. The highest BCUT2D eigenvalue weighted by atomic mass is 16.5. The lowest BCUT2D eigenvalue weighted by Gasteiger charge is -2.13. The van der Waals surface area contributed by atoms with Gasteiger partial charge in [0.05, 0.1) is 18.9 Å². The standard InChI is InChI=1S/C13H18N2O3/c1-17-12-7-3-2-6-11(12)15-13(16)14-9-10-5-4-8-18-10/h2-3,6-7,10H,4-5,8-9H2,1H3,(H2,14,15,16)/t10-/m1/s1. The molecule has 2 amide bonds. The quantitative estimate of drug-likeness (QED) is 0.859. The number of ether oxygens (including phenoxy) is 2. The number of carbonyl (C=O) groups excluding carboxylic acids is 1. The first-order valence-electron chi connectivity index (χ1n) is 6.09. The summed E-state index contributed by atoms with van der Waals surface area (Å²) in [6, 6.07) is 7.06. The summed E-state index contributed by atoms with van der Waals surface area (Å²) >= 11 is 0. The third-order valence-corrected chi connectivity index (χ3v) is 2.87. The van der Waals surface area contributed by atoms with Crippen LogP contribution in [-0.4, -0.2) is 32.4 Å². The molecule has 5 heteroatoms. The van der Waals surface area contributed by atoms with Gasteiger partial charge >= 0.3 is 6.03 Å². The van der Waals surface area contributed by atoms with E-state index in [1.807, 2.05) is 12.1 Å². The van der Waals surface area contributed by atoms with Crippen LogP contribution in [0.25, 0.3) is 0 Å². The Morgan fingerprint density at radius 2 is 2.33 bits per heavy atom. The van der Waals surface area contributed by atoms with Gasteiger partial charge in [-0.15, -0.1) is 0 Å². The molecule has 1 atom stereocenters. The molecule has 1 aromatic rings. The summed E-state index contributed by atoms with van der Waals surface area (Å²) < 4.78 is 10.6. The second-order valence-electron chi connectivity index (χ2n) is 4.17. The van der Waals surface area contributed by atoms with Crippen molar-refractivity contribution in [3.63, 3.8) is 0 Å². The maximum absolute atomic E-state index is 11.7. The monoisotopic (exact) mass is 250 g/mol. The Morgan fingerprint density at radius 3 is 3.06 bits per heavy atom. The molecule has 2 N–H and O–H groups in total. The lowest BCUT2D eigenvalue weighted by atomic mass is 10.2. The molecule has 5 nitrogen and oxygen atoms in total. The van der Waals surface area contributed by atoms with Crippen LogP contribution in [0.4, 0.5) is 10.5 Å². The van der Waals surface area contributed by atoms with Gasteiger partial charge in [-0.2, -0.15) is 0 Å². The molecule has 0 bridgehead atoms.